The van der Waals surface area contributed by atoms with Gasteiger partial charge < -0.3 is 10.3 Å². The predicted molar refractivity (Wildman–Crippen MR) is 76.6 cm³/mol. The van der Waals surface area contributed by atoms with E-state index in [1.54, 1.807) is 0 Å². The molecule has 0 saturated heterocycles. The number of benzene rings is 1. The second-order valence-electron chi connectivity index (χ2n) is 5.67. The van der Waals surface area contributed by atoms with Crippen LogP contribution in [0.3, 0.4) is 0 Å². The predicted octanol–water partition coefficient (Wildman–Crippen LogP) is 3.84. The number of hydrogen-bond acceptors (Lipinski definition) is 1. The van der Waals surface area contributed by atoms with E-state index < -0.39 is 0 Å². The lowest BCUT2D eigenvalue weighted by Crippen LogP contribution is -2.39. The van der Waals surface area contributed by atoms with E-state index in [0.29, 0.717) is 5.41 Å². The van der Waals surface area contributed by atoms with E-state index in [4.69, 9.17) is 0 Å². The Morgan fingerprint density at radius 2 is 2.17 bits per heavy atom. The molecule has 1 aromatic heterocycles. The van der Waals surface area contributed by atoms with Gasteiger partial charge in [-0.1, -0.05) is 31.5 Å². The van der Waals surface area contributed by atoms with Gasteiger partial charge >= 0.3 is 0 Å². The summed E-state index contributed by atoms with van der Waals surface area (Å²) < 4.78 is 0. The lowest BCUT2D eigenvalue weighted by atomic mass is 9.67. The molecule has 1 saturated carbocycles. The first-order valence-corrected chi connectivity index (χ1v) is 7.09. The number of nitrogens with one attached hydrogen (secondary N) is 2. The minimum Gasteiger partial charge on any atom is -0.361 e. The molecule has 0 bridgehead atoms. The summed E-state index contributed by atoms with van der Waals surface area (Å²) in [5.41, 5.74) is 3.26. The highest BCUT2D eigenvalue weighted by atomic mass is 14.9. The molecule has 3 rings (SSSR count). The molecule has 2 N–H and O–H groups in total. The average Bonchev–Trinajstić information content (AvgIpc) is 2.81. The zero-order valence-corrected chi connectivity index (χ0v) is 11.1. The normalized spacial score (nSPS) is 17.8. The quantitative estimate of drug-likeness (QED) is 0.819. The van der Waals surface area contributed by atoms with Crippen molar-refractivity contribution in [3.63, 3.8) is 0 Å². The molecule has 1 aliphatic rings. The Hall–Kier alpha value is -1.28. The third-order valence-corrected chi connectivity index (χ3v) is 4.65. The van der Waals surface area contributed by atoms with Gasteiger partial charge in [0.25, 0.3) is 0 Å². The second kappa shape index (κ2) is 4.77. The van der Waals surface area contributed by atoms with Crippen LogP contribution in [0.15, 0.2) is 30.5 Å². The first-order valence-electron chi connectivity index (χ1n) is 7.09. The molecular formula is C16H22N2. The summed E-state index contributed by atoms with van der Waals surface area (Å²) in [7, 11) is 0. The minimum atomic E-state index is 0.601. The maximum Gasteiger partial charge on any atom is 0.0499 e. The van der Waals surface area contributed by atoms with Crippen molar-refractivity contribution in [1.82, 2.24) is 10.3 Å². The molecule has 0 spiro atoms. The molecule has 0 amide bonds. The summed E-state index contributed by atoms with van der Waals surface area (Å²) >= 11 is 0. The third-order valence-electron chi connectivity index (χ3n) is 4.65. The fourth-order valence-corrected chi connectivity index (χ4v) is 3.09. The van der Waals surface area contributed by atoms with Crippen LogP contribution in [0.1, 0.15) is 38.2 Å². The molecule has 0 aliphatic heterocycles. The Labute approximate surface area is 109 Å². The highest BCUT2D eigenvalue weighted by molar-refractivity contribution is 5.82. The Kier molecular flexibility index (Phi) is 3.13. The molecule has 2 nitrogen and oxygen atoms in total. The Bertz CT molecular complexity index is 517. The molecule has 0 atom stereocenters. The maximum absolute atomic E-state index is 3.66. The van der Waals surface area contributed by atoms with E-state index in [1.165, 1.54) is 48.7 Å². The molecule has 18 heavy (non-hydrogen) atoms. The molecule has 1 aliphatic carbocycles. The average molecular weight is 242 g/mol. The largest absolute Gasteiger partial charge is 0.361 e. The number of rotatable bonds is 5. The van der Waals surface area contributed by atoms with Gasteiger partial charge in [-0.15, -0.1) is 0 Å². The molecule has 0 radical (unpaired) electrons. The number of para-hydroxylation sites is 1. The van der Waals surface area contributed by atoms with Crippen molar-refractivity contribution in [3.8, 4) is 0 Å². The van der Waals surface area contributed by atoms with Crippen molar-refractivity contribution in [2.75, 3.05) is 6.54 Å². The number of aromatic nitrogens is 1. The Balaban J connectivity index is 1.64. The highest BCUT2D eigenvalue weighted by Crippen LogP contribution is 2.43. The lowest BCUT2D eigenvalue weighted by Gasteiger charge is -2.41. The van der Waals surface area contributed by atoms with Crippen LogP contribution in [0, 0.1) is 5.41 Å². The molecule has 2 aromatic rings. The van der Waals surface area contributed by atoms with Crippen LogP contribution in [-0.4, -0.2) is 11.5 Å². The van der Waals surface area contributed by atoms with Crippen LogP contribution in [0.2, 0.25) is 0 Å². The van der Waals surface area contributed by atoms with Crippen molar-refractivity contribution in [2.24, 2.45) is 5.41 Å². The zero-order valence-electron chi connectivity index (χ0n) is 11.1. The first kappa shape index (κ1) is 11.8. The van der Waals surface area contributed by atoms with E-state index in [1.807, 2.05) is 6.20 Å². The number of H-pyrrole nitrogens is 1. The van der Waals surface area contributed by atoms with Gasteiger partial charge in [-0.2, -0.15) is 0 Å². The van der Waals surface area contributed by atoms with Crippen LogP contribution < -0.4 is 5.32 Å². The SMILES string of the molecule is CCC1(CNCc2cccc3cc[nH]c23)CCC1. The molecule has 0 unspecified atom stereocenters. The lowest BCUT2D eigenvalue weighted by molar-refractivity contribution is 0.124. The topological polar surface area (TPSA) is 27.8 Å². The summed E-state index contributed by atoms with van der Waals surface area (Å²) in [5, 5.41) is 4.97. The van der Waals surface area contributed by atoms with Crippen LogP contribution in [0.5, 0.6) is 0 Å². The van der Waals surface area contributed by atoms with Gasteiger partial charge in [0.2, 0.25) is 0 Å². The van der Waals surface area contributed by atoms with E-state index >= 15 is 0 Å². The van der Waals surface area contributed by atoms with E-state index in [2.05, 4.69) is 41.5 Å². The van der Waals surface area contributed by atoms with Gasteiger partial charge in [0.1, 0.15) is 0 Å². The van der Waals surface area contributed by atoms with Crippen LogP contribution in [-0.2, 0) is 6.54 Å². The van der Waals surface area contributed by atoms with Crippen molar-refractivity contribution >= 4 is 10.9 Å². The molecule has 2 heteroatoms. The van der Waals surface area contributed by atoms with Crippen molar-refractivity contribution in [3.05, 3.63) is 36.0 Å². The Morgan fingerprint density at radius 3 is 2.89 bits per heavy atom. The van der Waals surface area contributed by atoms with E-state index in [-0.39, 0.29) is 0 Å². The second-order valence-corrected chi connectivity index (χ2v) is 5.67. The van der Waals surface area contributed by atoms with Gasteiger partial charge in [0.05, 0.1) is 0 Å². The highest BCUT2D eigenvalue weighted by Gasteiger charge is 2.34. The van der Waals surface area contributed by atoms with E-state index in [0.717, 1.165) is 6.54 Å². The van der Waals surface area contributed by atoms with Crippen LogP contribution in [0.25, 0.3) is 10.9 Å². The van der Waals surface area contributed by atoms with Gasteiger partial charge in [-0.05, 0) is 41.7 Å². The van der Waals surface area contributed by atoms with E-state index in [9.17, 15) is 0 Å². The molecule has 96 valence electrons. The molecule has 1 heterocycles. The summed E-state index contributed by atoms with van der Waals surface area (Å²) in [6.07, 6.45) is 7.56. The number of aromatic amines is 1. The summed E-state index contributed by atoms with van der Waals surface area (Å²) in [5.74, 6) is 0. The summed E-state index contributed by atoms with van der Waals surface area (Å²) in [4.78, 5) is 3.34. The van der Waals surface area contributed by atoms with Gasteiger partial charge in [0, 0.05) is 24.8 Å². The summed E-state index contributed by atoms with van der Waals surface area (Å²) in [6, 6.07) is 8.66. The summed E-state index contributed by atoms with van der Waals surface area (Å²) in [6.45, 7) is 4.47. The van der Waals surface area contributed by atoms with Crippen molar-refractivity contribution in [2.45, 2.75) is 39.2 Å². The standard InChI is InChI=1S/C16H22N2/c1-2-16(8-4-9-16)12-17-11-14-6-3-5-13-7-10-18-15(13)14/h3,5-7,10,17-18H,2,4,8-9,11-12H2,1H3. The van der Waals surface area contributed by atoms with Gasteiger partial charge in [-0.25, -0.2) is 0 Å². The van der Waals surface area contributed by atoms with Crippen LogP contribution >= 0.6 is 0 Å². The van der Waals surface area contributed by atoms with Crippen molar-refractivity contribution in [1.29, 1.82) is 0 Å². The first-order chi connectivity index (χ1) is 8.83. The zero-order chi connectivity index (χ0) is 12.4. The fraction of sp³-hybridized carbons (Fsp3) is 0.500. The number of fused-ring (bicyclic) bond motifs is 1. The van der Waals surface area contributed by atoms with Gasteiger partial charge in [0.15, 0.2) is 0 Å². The van der Waals surface area contributed by atoms with Crippen molar-refractivity contribution < 1.29 is 0 Å². The molecule has 1 aromatic carbocycles. The Morgan fingerprint density at radius 1 is 1.28 bits per heavy atom. The molecular weight excluding hydrogens is 220 g/mol. The number of hydrogen-bond donors (Lipinski definition) is 2. The maximum atomic E-state index is 3.66. The van der Waals surface area contributed by atoms with Crippen LogP contribution in [0.4, 0.5) is 0 Å². The van der Waals surface area contributed by atoms with Gasteiger partial charge in [-0.3, -0.25) is 0 Å². The third kappa shape index (κ3) is 2.05. The minimum absolute atomic E-state index is 0.601. The monoisotopic (exact) mass is 242 g/mol. The fourth-order valence-electron chi connectivity index (χ4n) is 3.09. The molecule has 1 fully saturated rings. The smallest absolute Gasteiger partial charge is 0.0499 e.